The number of carbonyl (C=O) groups excluding carboxylic acids is 2. The quantitative estimate of drug-likeness (QED) is 0.385. The summed E-state index contributed by atoms with van der Waals surface area (Å²) in [4.78, 5) is 36.9. The Morgan fingerprint density at radius 2 is 1.72 bits per heavy atom. The first-order chi connectivity index (χ1) is 15.5. The van der Waals surface area contributed by atoms with Gasteiger partial charge in [-0.3, -0.25) is 9.59 Å². The topological polar surface area (TPSA) is 92.0 Å². The summed E-state index contributed by atoms with van der Waals surface area (Å²) in [6.07, 6.45) is 6.16. The second-order valence-corrected chi connectivity index (χ2v) is 7.69. The minimum Gasteiger partial charge on any atom is -0.462 e. The van der Waals surface area contributed by atoms with E-state index >= 15 is 0 Å². The summed E-state index contributed by atoms with van der Waals surface area (Å²) < 4.78 is 21.7. The van der Waals surface area contributed by atoms with Crippen molar-refractivity contribution < 1.29 is 28.2 Å². The van der Waals surface area contributed by atoms with Crippen molar-refractivity contribution in [2.75, 3.05) is 6.61 Å². The standard InChI is InChI=1S/C25H24O7/c1-2-29-24(27)17-8-10-18(11-9-17)31-22-15-30-21-14-19(12-13-20(21)23(22)26)32-25(28)16-6-4-3-5-7-16/h8-16H,2-7H2,1H3. The van der Waals surface area contributed by atoms with Gasteiger partial charge in [0.25, 0.3) is 0 Å². The number of benzene rings is 2. The van der Waals surface area contributed by atoms with Crippen LogP contribution in [0.4, 0.5) is 0 Å². The van der Waals surface area contributed by atoms with Gasteiger partial charge in [-0.05, 0) is 56.2 Å². The highest BCUT2D eigenvalue weighted by molar-refractivity contribution is 5.89. The van der Waals surface area contributed by atoms with Gasteiger partial charge in [0, 0.05) is 6.07 Å². The average molecular weight is 436 g/mol. The normalized spacial score (nSPS) is 14.2. The average Bonchev–Trinajstić information content (AvgIpc) is 2.82. The van der Waals surface area contributed by atoms with Crippen LogP contribution in [-0.4, -0.2) is 18.5 Å². The van der Waals surface area contributed by atoms with Gasteiger partial charge >= 0.3 is 11.9 Å². The number of hydrogen-bond acceptors (Lipinski definition) is 7. The van der Waals surface area contributed by atoms with Crippen LogP contribution >= 0.6 is 0 Å². The fourth-order valence-corrected chi connectivity index (χ4v) is 3.76. The van der Waals surface area contributed by atoms with Crippen molar-refractivity contribution in [1.29, 1.82) is 0 Å². The molecule has 0 amide bonds. The molecule has 1 fully saturated rings. The van der Waals surface area contributed by atoms with Crippen molar-refractivity contribution in [2.24, 2.45) is 5.92 Å². The highest BCUT2D eigenvalue weighted by atomic mass is 16.5. The molecule has 1 aromatic heterocycles. The van der Waals surface area contributed by atoms with E-state index in [2.05, 4.69) is 0 Å². The molecule has 3 aromatic rings. The maximum Gasteiger partial charge on any atom is 0.338 e. The molecule has 7 heteroatoms. The van der Waals surface area contributed by atoms with Gasteiger partial charge in [-0.25, -0.2) is 4.79 Å². The van der Waals surface area contributed by atoms with Crippen molar-refractivity contribution in [3.63, 3.8) is 0 Å². The summed E-state index contributed by atoms with van der Waals surface area (Å²) in [6, 6.07) is 10.9. The molecule has 0 unspecified atom stereocenters. The Morgan fingerprint density at radius 1 is 1.00 bits per heavy atom. The Bertz CT molecular complexity index is 1170. The van der Waals surface area contributed by atoms with Crippen molar-refractivity contribution >= 4 is 22.9 Å². The molecule has 4 rings (SSSR count). The lowest BCUT2D eigenvalue weighted by molar-refractivity contribution is -0.139. The molecule has 0 aliphatic heterocycles. The van der Waals surface area contributed by atoms with E-state index in [-0.39, 0.29) is 29.7 Å². The first-order valence-electron chi connectivity index (χ1n) is 10.8. The summed E-state index contributed by atoms with van der Waals surface area (Å²) >= 11 is 0. The van der Waals surface area contributed by atoms with Crippen LogP contribution in [0.15, 0.2) is 57.9 Å². The van der Waals surface area contributed by atoms with E-state index < -0.39 is 5.97 Å². The second kappa shape index (κ2) is 9.68. The number of rotatable bonds is 6. The Morgan fingerprint density at radius 3 is 2.44 bits per heavy atom. The molecule has 1 saturated carbocycles. The third kappa shape index (κ3) is 4.82. The predicted molar refractivity (Wildman–Crippen MR) is 117 cm³/mol. The van der Waals surface area contributed by atoms with Crippen LogP contribution in [0.25, 0.3) is 11.0 Å². The van der Waals surface area contributed by atoms with E-state index in [0.29, 0.717) is 28.0 Å². The van der Waals surface area contributed by atoms with Gasteiger partial charge in [0.15, 0.2) is 0 Å². The van der Waals surface area contributed by atoms with Crippen LogP contribution in [0.2, 0.25) is 0 Å². The summed E-state index contributed by atoms with van der Waals surface area (Å²) in [7, 11) is 0. The van der Waals surface area contributed by atoms with Gasteiger partial charge < -0.3 is 18.6 Å². The molecule has 166 valence electrons. The molecular formula is C25H24O7. The third-order valence-corrected chi connectivity index (χ3v) is 5.46. The van der Waals surface area contributed by atoms with Gasteiger partial charge in [-0.1, -0.05) is 19.3 Å². The van der Waals surface area contributed by atoms with Crippen LogP contribution in [0.5, 0.6) is 17.2 Å². The van der Waals surface area contributed by atoms with Crippen molar-refractivity contribution in [3.8, 4) is 17.2 Å². The van der Waals surface area contributed by atoms with Gasteiger partial charge in [0.1, 0.15) is 23.3 Å². The van der Waals surface area contributed by atoms with Crippen LogP contribution < -0.4 is 14.9 Å². The van der Waals surface area contributed by atoms with Crippen LogP contribution in [0.3, 0.4) is 0 Å². The Labute approximate surface area is 184 Å². The zero-order valence-electron chi connectivity index (χ0n) is 17.8. The zero-order valence-corrected chi connectivity index (χ0v) is 17.8. The SMILES string of the molecule is CCOC(=O)c1ccc(Oc2coc3cc(OC(=O)C4CCCCC4)ccc3c2=O)cc1. The molecular weight excluding hydrogens is 412 g/mol. The molecule has 0 saturated heterocycles. The second-order valence-electron chi connectivity index (χ2n) is 7.69. The lowest BCUT2D eigenvalue weighted by Gasteiger charge is -2.19. The first-order valence-corrected chi connectivity index (χ1v) is 10.8. The fourth-order valence-electron chi connectivity index (χ4n) is 3.76. The summed E-state index contributed by atoms with van der Waals surface area (Å²) in [6.45, 7) is 2.02. The smallest absolute Gasteiger partial charge is 0.338 e. The molecule has 7 nitrogen and oxygen atoms in total. The fraction of sp³-hybridized carbons (Fsp3) is 0.320. The molecule has 0 N–H and O–H groups in total. The molecule has 0 radical (unpaired) electrons. The van der Waals surface area contributed by atoms with Crippen molar-refractivity contribution in [3.05, 3.63) is 64.5 Å². The minimum absolute atomic E-state index is 0.00772. The number of ether oxygens (including phenoxy) is 3. The number of fused-ring (bicyclic) bond motifs is 1. The summed E-state index contributed by atoms with van der Waals surface area (Å²) in [5, 5.41) is 0.308. The molecule has 0 bridgehead atoms. The van der Waals surface area contributed by atoms with Crippen LogP contribution in [0.1, 0.15) is 49.4 Å². The Kier molecular flexibility index (Phi) is 6.54. The van der Waals surface area contributed by atoms with E-state index in [1.165, 1.54) is 12.3 Å². The lowest BCUT2D eigenvalue weighted by atomic mass is 9.89. The highest BCUT2D eigenvalue weighted by Crippen LogP contribution is 2.28. The first kappa shape index (κ1) is 21.6. The van der Waals surface area contributed by atoms with E-state index in [4.69, 9.17) is 18.6 Å². The van der Waals surface area contributed by atoms with Gasteiger partial charge in [-0.15, -0.1) is 0 Å². The zero-order chi connectivity index (χ0) is 22.5. The molecule has 0 atom stereocenters. The third-order valence-electron chi connectivity index (χ3n) is 5.46. The number of esters is 2. The predicted octanol–water partition coefficient (Wildman–Crippen LogP) is 5.25. The molecule has 1 aliphatic rings. The van der Waals surface area contributed by atoms with Crippen LogP contribution in [-0.2, 0) is 9.53 Å². The van der Waals surface area contributed by atoms with Gasteiger partial charge in [0.2, 0.25) is 11.2 Å². The Balaban J connectivity index is 1.49. The molecule has 1 heterocycles. The van der Waals surface area contributed by atoms with Crippen molar-refractivity contribution in [1.82, 2.24) is 0 Å². The highest BCUT2D eigenvalue weighted by Gasteiger charge is 2.23. The monoisotopic (exact) mass is 436 g/mol. The van der Waals surface area contributed by atoms with E-state index in [1.807, 2.05) is 0 Å². The van der Waals surface area contributed by atoms with Crippen molar-refractivity contribution in [2.45, 2.75) is 39.0 Å². The van der Waals surface area contributed by atoms with Gasteiger partial charge in [0.05, 0.1) is 23.5 Å². The van der Waals surface area contributed by atoms with E-state index in [1.54, 1.807) is 43.3 Å². The maximum absolute atomic E-state index is 12.8. The maximum atomic E-state index is 12.8. The lowest BCUT2D eigenvalue weighted by Crippen LogP contribution is -2.22. The van der Waals surface area contributed by atoms with Gasteiger partial charge in [-0.2, -0.15) is 0 Å². The summed E-state index contributed by atoms with van der Waals surface area (Å²) in [5.41, 5.74) is 0.333. The largest absolute Gasteiger partial charge is 0.462 e. The van der Waals surface area contributed by atoms with E-state index in [9.17, 15) is 14.4 Å². The molecule has 2 aromatic carbocycles. The summed E-state index contributed by atoms with van der Waals surface area (Å²) in [5.74, 6) is -0.00478. The van der Waals surface area contributed by atoms with Crippen LogP contribution in [0, 0.1) is 5.92 Å². The molecule has 32 heavy (non-hydrogen) atoms. The number of hydrogen-bond donors (Lipinski definition) is 0. The Hall–Kier alpha value is -3.61. The molecule has 1 aliphatic carbocycles. The minimum atomic E-state index is -0.427. The molecule has 0 spiro atoms. The van der Waals surface area contributed by atoms with E-state index in [0.717, 1.165) is 32.1 Å². The number of carbonyl (C=O) groups is 2.